The Labute approximate surface area is 392 Å². The lowest BCUT2D eigenvalue weighted by molar-refractivity contribution is -0.140. The highest BCUT2D eigenvalue weighted by Gasteiger charge is 2.66. The third-order valence-corrected chi connectivity index (χ3v) is 22.4. The van der Waals surface area contributed by atoms with Gasteiger partial charge >= 0.3 is 0 Å². The lowest BCUT2D eigenvalue weighted by Crippen LogP contribution is -2.59. The predicted molar refractivity (Wildman–Crippen MR) is 262 cm³/mol. The Morgan fingerprint density at radius 1 is 0.516 bits per heavy atom. The zero-order valence-electron chi connectivity index (χ0n) is 43.8. The summed E-state index contributed by atoms with van der Waals surface area (Å²) in [4.78, 5) is 0. The molecular weight excluding hydrogens is 793 g/mol. The Bertz CT molecular complexity index is 1620. The molecule has 0 heterocycles. The van der Waals surface area contributed by atoms with Crippen molar-refractivity contribution in [2.24, 2.45) is 80.8 Å². The SMILES string of the molecule is CC[C@]1(O)CC[C@@]2(C)C(=C[C@@](C)(O)[C@H]3[C@@H]4CC[C@H]([C@H](C)CCC(C)(C)O)[C@@]4(C)CC[C@@H]32)C1.CC[C@]1(O)CC[C@@]2(C)C(=C[C@](C)(O)[C@H]3[C@@H]4CC[C@H]([C@H](C)CCC(C)(C)O)[C@@]4(C)CC[C@@H]32)C1. The van der Waals surface area contributed by atoms with Crippen LogP contribution in [0.2, 0.25) is 0 Å². The summed E-state index contributed by atoms with van der Waals surface area (Å²) < 4.78 is 0. The van der Waals surface area contributed by atoms with Gasteiger partial charge in [-0.3, -0.25) is 0 Å². The van der Waals surface area contributed by atoms with Gasteiger partial charge in [0.25, 0.3) is 0 Å². The molecule has 18 atom stereocenters. The van der Waals surface area contributed by atoms with Crippen molar-refractivity contribution < 1.29 is 30.6 Å². The van der Waals surface area contributed by atoms with Crippen LogP contribution in [0.1, 0.15) is 225 Å². The molecule has 0 spiro atoms. The summed E-state index contributed by atoms with van der Waals surface area (Å²) in [6.45, 7) is 30.8. The lowest BCUT2D eigenvalue weighted by Gasteiger charge is -2.62. The van der Waals surface area contributed by atoms with E-state index in [1.54, 1.807) is 0 Å². The molecule has 0 radical (unpaired) electrons. The molecule has 0 aromatic heterocycles. The fraction of sp³-hybridized carbons (Fsp3) is 0.931. The third kappa shape index (κ3) is 8.99. The van der Waals surface area contributed by atoms with Crippen molar-refractivity contribution in [3.63, 3.8) is 0 Å². The normalized spacial score (nSPS) is 49.6. The van der Waals surface area contributed by atoms with Gasteiger partial charge in [0.05, 0.1) is 33.6 Å². The quantitative estimate of drug-likeness (QED) is 0.122. The van der Waals surface area contributed by atoms with Crippen LogP contribution in [-0.2, 0) is 0 Å². The standard InChI is InChI=1S/2C29H50O3/c2*1-8-29(32)16-15-26(5)20(18-29)17-28(7,31)24-22-10-9-21(19(2)11-13-25(3,4)30)27(22,6)14-12-23(24)26/h2*17,19,21-24,30-32H,8-16,18H2,1-7H3/t19-,21-,22+,23+,24+,26+,27-,28+,29+;19-,21-,22+,23+,24+,26+,27-,28-,29+/m11/s1. The highest BCUT2D eigenvalue weighted by atomic mass is 16.3. The van der Waals surface area contributed by atoms with E-state index in [9.17, 15) is 30.6 Å². The van der Waals surface area contributed by atoms with Gasteiger partial charge in [-0.05, 0) is 251 Å². The molecule has 0 saturated heterocycles. The molecule has 6 heteroatoms. The highest BCUT2D eigenvalue weighted by Crippen LogP contribution is 2.71. The minimum absolute atomic E-state index is 0.125. The van der Waals surface area contributed by atoms with Gasteiger partial charge in [0, 0.05) is 0 Å². The average Bonchev–Trinajstić information content (AvgIpc) is 3.73. The smallest absolute Gasteiger partial charge is 0.0836 e. The Morgan fingerprint density at radius 3 is 1.17 bits per heavy atom. The molecule has 0 unspecified atom stereocenters. The first kappa shape index (κ1) is 51.1. The predicted octanol–water partition coefficient (Wildman–Crippen LogP) is 12.5. The lowest BCUT2D eigenvalue weighted by atomic mass is 9.43. The summed E-state index contributed by atoms with van der Waals surface area (Å²) in [5, 5.41) is 66.4. The van der Waals surface area contributed by atoms with E-state index in [0.29, 0.717) is 59.2 Å². The molecule has 6 saturated carbocycles. The number of rotatable bonds is 10. The van der Waals surface area contributed by atoms with Crippen molar-refractivity contribution in [2.75, 3.05) is 0 Å². The van der Waals surface area contributed by atoms with Crippen molar-refractivity contribution in [3.8, 4) is 0 Å². The topological polar surface area (TPSA) is 121 Å². The van der Waals surface area contributed by atoms with Crippen molar-refractivity contribution in [2.45, 2.75) is 259 Å². The maximum Gasteiger partial charge on any atom is 0.0836 e. The van der Waals surface area contributed by atoms with Gasteiger partial charge in [-0.1, -0.05) is 78.7 Å². The summed E-state index contributed by atoms with van der Waals surface area (Å²) in [5.41, 5.74) is -0.462. The first-order valence-electron chi connectivity index (χ1n) is 27.1. The van der Waals surface area contributed by atoms with Gasteiger partial charge in [0.15, 0.2) is 0 Å². The first-order valence-corrected chi connectivity index (χ1v) is 27.1. The molecule has 0 bridgehead atoms. The Balaban J connectivity index is 0.000000191. The third-order valence-electron chi connectivity index (χ3n) is 22.4. The van der Waals surface area contributed by atoms with E-state index in [4.69, 9.17) is 0 Å². The van der Waals surface area contributed by atoms with Crippen LogP contribution in [-0.4, -0.2) is 64.2 Å². The van der Waals surface area contributed by atoms with Crippen molar-refractivity contribution in [3.05, 3.63) is 23.3 Å². The highest BCUT2D eigenvalue weighted by molar-refractivity contribution is 5.34. The number of hydrogen-bond acceptors (Lipinski definition) is 6. The second kappa shape index (κ2) is 17.0. The van der Waals surface area contributed by atoms with Gasteiger partial charge in [-0.25, -0.2) is 0 Å². The van der Waals surface area contributed by atoms with Crippen LogP contribution in [0, 0.1) is 80.8 Å². The Hall–Kier alpha value is -0.760. The van der Waals surface area contributed by atoms with Crippen LogP contribution >= 0.6 is 0 Å². The van der Waals surface area contributed by atoms with Gasteiger partial charge in [-0.2, -0.15) is 0 Å². The van der Waals surface area contributed by atoms with Crippen LogP contribution in [0.3, 0.4) is 0 Å². The maximum atomic E-state index is 11.9. The summed E-state index contributed by atoms with van der Waals surface area (Å²) in [6.07, 6.45) is 25.1. The first-order chi connectivity index (χ1) is 29.3. The van der Waals surface area contributed by atoms with E-state index in [2.05, 4.69) is 81.4 Å². The zero-order valence-corrected chi connectivity index (χ0v) is 43.8. The summed E-state index contributed by atoms with van der Waals surface area (Å²) >= 11 is 0. The Morgan fingerprint density at radius 2 is 0.859 bits per heavy atom. The maximum absolute atomic E-state index is 11.9. The summed E-state index contributed by atoms with van der Waals surface area (Å²) in [6, 6.07) is 0. The van der Waals surface area contributed by atoms with Crippen LogP contribution in [0.5, 0.6) is 0 Å². The molecule has 0 amide bonds. The van der Waals surface area contributed by atoms with Gasteiger partial charge in [0.1, 0.15) is 0 Å². The molecule has 0 aliphatic heterocycles. The molecule has 368 valence electrons. The van der Waals surface area contributed by atoms with E-state index in [1.807, 2.05) is 27.7 Å². The van der Waals surface area contributed by atoms with E-state index in [1.165, 1.54) is 62.5 Å². The van der Waals surface area contributed by atoms with Crippen LogP contribution < -0.4 is 0 Å². The monoisotopic (exact) mass is 893 g/mol. The van der Waals surface area contributed by atoms with Gasteiger partial charge < -0.3 is 30.6 Å². The molecule has 6 fully saturated rings. The van der Waals surface area contributed by atoms with E-state index >= 15 is 0 Å². The van der Waals surface area contributed by atoms with E-state index in [-0.39, 0.29) is 21.7 Å². The average molecular weight is 893 g/mol. The zero-order chi connectivity index (χ0) is 47.5. The van der Waals surface area contributed by atoms with Crippen molar-refractivity contribution in [1.29, 1.82) is 0 Å². The minimum Gasteiger partial charge on any atom is -0.390 e. The molecular formula is C58H100O6. The number of hydrogen-bond donors (Lipinski definition) is 6. The van der Waals surface area contributed by atoms with Crippen LogP contribution in [0.15, 0.2) is 23.3 Å². The van der Waals surface area contributed by atoms with Crippen LogP contribution in [0.4, 0.5) is 0 Å². The van der Waals surface area contributed by atoms with Gasteiger partial charge in [-0.15, -0.1) is 0 Å². The molecule has 8 aliphatic rings. The minimum atomic E-state index is -0.789. The number of aliphatic hydroxyl groups is 6. The molecule has 8 aliphatic carbocycles. The summed E-state index contributed by atoms with van der Waals surface area (Å²) in [5.74, 6) is 5.37. The van der Waals surface area contributed by atoms with E-state index in [0.717, 1.165) is 77.0 Å². The largest absolute Gasteiger partial charge is 0.390 e. The molecule has 8 rings (SSSR count). The Kier molecular flexibility index (Phi) is 13.6. The molecule has 6 nitrogen and oxygen atoms in total. The molecule has 0 aromatic rings. The van der Waals surface area contributed by atoms with Gasteiger partial charge in [0.2, 0.25) is 0 Å². The fourth-order valence-electron chi connectivity index (χ4n) is 18.2. The van der Waals surface area contributed by atoms with Crippen molar-refractivity contribution in [1.82, 2.24) is 0 Å². The molecule has 6 N–H and O–H groups in total. The van der Waals surface area contributed by atoms with Crippen LogP contribution in [0.25, 0.3) is 0 Å². The molecule has 0 aromatic carbocycles. The van der Waals surface area contributed by atoms with Crippen molar-refractivity contribution >= 4 is 0 Å². The number of fused-ring (bicyclic) bond motifs is 10. The van der Waals surface area contributed by atoms with E-state index < -0.39 is 33.6 Å². The molecule has 64 heavy (non-hydrogen) atoms. The summed E-state index contributed by atoms with van der Waals surface area (Å²) in [7, 11) is 0. The fourth-order valence-corrected chi connectivity index (χ4v) is 18.2. The second-order valence-corrected chi connectivity index (χ2v) is 27.7. The second-order valence-electron chi connectivity index (χ2n) is 27.7.